The maximum atomic E-state index is 13.5. The third-order valence-corrected chi connectivity index (χ3v) is 10.2. The molecule has 0 saturated carbocycles. The number of nitrogens with zero attached hydrogens (tertiary/aromatic N) is 2. The minimum atomic E-state index is -4.50. The fourth-order valence-electron chi connectivity index (χ4n) is 5.56. The summed E-state index contributed by atoms with van der Waals surface area (Å²) in [7, 11) is 0. The lowest BCUT2D eigenvalue weighted by Crippen LogP contribution is -2.45. The average molecular weight is 743 g/mol. The molecule has 5 rings (SSSR count). The maximum Gasteiger partial charge on any atom is 0.416 e. The van der Waals surface area contributed by atoms with Gasteiger partial charge in [0.1, 0.15) is 11.8 Å². The Bertz CT molecular complexity index is 1930. The monoisotopic (exact) mass is 742 g/mol. The summed E-state index contributed by atoms with van der Waals surface area (Å²) in [6.45, 7) is 9.06. The number of amides is 2. The van der Waals surface area contributed by atoms with E-state index in [1.54, 1.807) is 18.5 Å². The van der Waals surface area contributed by atoms with Crippen molar-refractivity contribution in [2.24, 2.45) is 0 Å². The second-order valence-electron chi connectivity index (χ2n) is 14.0. The molecule has 2 aromatic heterocycles. The summed E-state index contributed by atoms with van der Waals surface area (Å²) in [6.07, 6.45) is 5.12. The van der Waals surface area contributed by atoms with Crippen molar-refractivity contribution in [2.45, 2.75) is 83.9 Å². The van der Waals surface area contributed by atoms with Crippen molar-refractivity contribution in [3.05, 3.63) is 118 Å². The number of carbonyl (C=O) groups is 2. The molecule has 53 heavy (non-hydrogen) atoms. The summed E-state index contributed by atoms with van der Waals surface area (Å²) in [4.78, 5) is 37.5. The number of ether oxygens (including phenoxy) is 1. The minimum absolute atomic E-state index is 0.133. The van der Waals surface area contributed by atoms with Crippen LogP contribution in [0.25, 0.3) is 22.5 Å². The van der Waals surface area contributed by atoms with Crippen LogP contribution in [0.3, 0.4) is 0 Å². The van der Waals surface area contributed by atoms with E-state index in [-0.39, 0.29) is 17.5 Å². The number of rotatable bonds is 15. The van der Waals surface area contributed by atoms with Gasteiger partial charge in [0, 0.05) is 40.5 Å². The molecule has 0 saturated heterocycles. The van der Waals surface area contributed by atoms with Gasteiger partial charge in [-0.1, -0.05) is 89.8 Å². The normalized spacial score (nSPS) is 12.3. The summed E-state index contributed by atoms with van der Waals surface area (Å²) < 4.78 is 45.1. The molecule has 0 spiro atoms. The van der Waals surface area contributed by atoms with E-state index in [1.807, 2.05) is 54.6 Å². The van der Waals surface area contributed by atoms with E-state index in [0.29, 0.717) is 17.3 Å². The second-order valence-corrected chi connectivity index (χ2v) is 15.1. The topological polar surface area (TPSA) is 93.2 Å². The van der Waals surface area contributed by atoms with Crippen LogP contribution < -0.4 is 15.4 Å². The molecule has 0 aliphatic carbocycles. The number of halogens is 3. The Labute approximate surface area is 313 Å². The van der Waals surface area contributed by atoms with Crippen molar-refractivity contribution >= 4 is 28.8 Å². The predicted molar refractivity (Wildman–Crippen MR) is 205 cm³/mol. The molecular weight excluding hydrogens is 698 g/mol. The van der Waals surface area contributed by atoms with Crippen molar-refractivity contribution in [2.75, 3.05) is 11.9 Å². The number of anilines is 1. The van der Waals surface area contributed by atoms with Gasteiger partial charge in [-0.25, -0.2) is 9.97 Å². The number of hydrogen-bond donors (Lipinski definition) is 2. The molecule has 11 heteroatoms. The van der Waals surface area contributed by atoms with Gasteiger partial charge in [-0.2, -0.15) is 13.2 Å². The van der Waals surface area contributed by atoms with Crippen LogP contribution in [0.4, 0.5) is 18.9 Å². The highest BCUT2D eigenvalue weighted by atomic mass is 32.1. The molecule has 3 aromatic carbocycles. The first kappa shape index (κ1) is 39.2. The zero-order valence-corrected chi connectivity index (χ0v) is 31.2. The van der Waals surface area contributed by atoms with Gasteiger partial charge in [-0.05, 0) is 71.5 Å². The molecule has 5 aromatic rings. The van der Waals surface area contributed by atoms with Crippen molar-refractivity contribution in [1.82, 2.24) is 15.3 Å². The van der Waals surface area contributed by atoms with Crippen LogP contribution in [-0.4, -0.2) is 34.4 Å². The number of nitrogens with one attached hydrogen (secondary N) is 2. The summed E-state index contributed by atoms with van der Waals surface area (Å²) in [5, 5.41) is 5.50. The Morgan fingerprint density at radius 3 is 2.02 bits per heavy atom. The molecule has 1 atom stereocenters. The van der Waals surface area contributed by atoms with Gasteiger partial charge in [0.2, 0.25) is 5.91 Å². The second kappa shape index (κ2) is 17.7. The van der Waals surface area contributed by atoms with Crippen LogP contribution in [-0.2, 0) is 22.8 Å². The first-order chi connectivity index (χ1) is 25.3. The maximum absolute atomic E-state index is 13.5. The van der Waals surface area contributed by atoms with E-state index < -0.39 is 29.6 Å². The first-order valence-electron chi connectivity index (χ1n) is 17.8. The third-order valence-electron chi connectivity index (χ3n) is 8.68. The molecule has 0 unspecified atom stereocenters. The molecule has 0 aliphatic heterocycles. The number of alkyl halides is 3. The molecule has 2 amide bonds. The van der Waals surface area contributed by atoms with Gasteiger partial charge in [0.05, 0.1) is 17.0 Å². The average Bonchev–Trinajstić information content (AvgIpc) is 3.65. The number of hydrogen-bond acceptors (Lipinski definition) is 6. The van der Waals surface area contributed by atoms with E-state index in [0.717, 1.165) is 51.4 Å². The molecule has 2 N–H and O–H groups in total. The zero-order chi connectivity index (χ0) is 38.0. The Balaban J connectivity index is 1.25. The van der Waals surface area contributed by atoms with Crippen molar-refractivity contribution < 1.29 is 27.5 Å². The lowest BCUT2D eigenvalue weighted by molar-refractivity contribution is -0.137. The Morgan fingerprint density at radius 2 is 1.42 bits per heavy atom. The van der Waals surface area contributed by atoms with Gasteiger partial charge in [-0.3, -0.25) is 9.59 Å². The van der Waals surface area contributed by atoms with Crippen LogP contribution in [0.5, 0.6) is 5.75 Å². The van der Waals surface area contributed by atoms with Crippen LogP contribution in [0.1, 0.15) is 85.5 Å². The van der Waals surface area contributed by atoms with Crippen LogP contribution in [0.15, 0.2) is 97.3 Å². The Kier molecular flexibility index (Phi) is 13.1. The molecule has 0 radical (unpaired) electrons. The number of aromatic nitrogens is 2. The lowest BCUT2D eigenvalue weighted by atomic mass is 9.95. The van der Waals surface area contributed by atoms with Gasteiger partial charge in [-0.15, -0.1) is 11.3 Å². The zero-order valence-electron chi connectivity index (χ0n) is 30.4. The highest BCUT2D eigenvalue weighted by Gasteiger charge is 2.30. The van der Waals surface area contributed by atoms with E-state index >= 15 is 0 Å². The Hall–Kier alpha value is -5.03. The summed E-state index contributed by atoms with van der Waals surface area (Å²) in [5.74, 6) is 0.390. The SMILES string of the molecule is CCCCCCCOc1ccc(-c2cnc(-c3ccc(C[C@H](NC(=O)c4ccc(C(C)(C)C)s4)C(=O)Nc4ccc(C(F)(F)F)cc4)cc3)nc2)cc1. The van der Waals surface area contributed by atoms with Crippen molar-refractivity contribution in [1.29, 1.82) is 0 Å². The fourth-order valence-corrected chi connectivity index (χ4v) is 6.53. The largest absolute Gasteiger partial charge is 0.494 e. The third kappa shape index (κ3) is 11.2. The van der Waals surface area contributed by atoms with E-state index in [9.17, 15) is 22.8 Å². The highest BCUT2D eigenvalue weighted by Crippen LogP contribution is 2.31. The van der Waals surface area contributed by atoms with Crippen molar-refractivity contribution in [3.63, 3.8) is 0 Å². The smallest absolute Gasteiger partial charge is 0.416 e. The summed E-state index contributed by atoms with van der Waals surface area (Å²) in [6, 6.07) is 22.0. The van der Waals surface area contributed by atoms with E-state index in [1.165, 1.54) is 49.2 Å². The van der Waals surface area contributed by atoms with Gasteiger partial charge in [0.15, 0.2) is 5.82 Å². The number of carbonyl (C=O) groups excluding carboxylic acids is 2. The van der Waals surface area contributed by atoms with E-state index in [2.05, 4.69) is 48.3 Å². The summed E-state index contributed by atoms with van der Waals surface area (Å²) in [5.41, 5.74) is 2.57. The predicted octanol–water partition coefficient (Wildman–Crippen LogP) is 10.5. The highest BCUT2D eigenvalue weighted by molar-refractivity contribution is 7.14. The number of thiophene rings is 1. The molecular formula is C42H45F3N4O3S. The van der Waals surface area contributed by atoms with Gasteiger partial charge in [0.25, 0.3) is 5.91 Å². The number of benzene rings is 3. The molecule has 0 fully saturated rings. The molecule has 0 bridgehead atoms. The lowest BCUT2D eigenvalue weighted by Gasteiger charge is -2.19. The van der Waals surface area contributed by atoms with Crippen LogP contribution >= 0.6 is 11.3 Å². The van der Waals surface area contributed by atoms with Crippen molar-refractivity contribution in [3.8, 4) is 28.3 Å². The van der Waals surface area contributed by atoms with Gasteiger partial charge >= 0.3 is 6.18 Å². The fraction of sp³-hybridized carbons (Fsp3) is 0.333. The Morgan fingerprint density at radius 1 is 0.774 bits per heavy atom. The quantitative estimate of drug-likeness (QED) is 0.104. The molecule has 0 aliphatic rings. The summed E-state index contributed by atoms with van der Waals surface area (Å²) >= 11 is 1.35. The molecule has 7 nitrogen and oxygen atoms in total. The number of unbranched alkanes of at least 4 members (excludes halogenated alkanes) is 4. The van der Waals surface area contributed by atoms with E-state index in [4.69, 9.17) is 4.74 Å². The minimum Gasteiger partial charge on any atom is -0.494 e. The first-order valence-corrected chi connectivity index (χ1v) is 18.7. The molecule has 278 valence electrons. The van der Waals surface area contributed by atoms with Gasteiger partial charge < -0.3 is 15.4 Å². The van der Waals surface area contributed by atoms with Crippen LogP contribution in [0.2, 0.25) is 0 Å². The molecule has 2 heterocycles. The standard InChI is InChI=1S/C42H45F3N4O3S/c1-5-6-7-8-9-24-52-34-20-14-29(15-21-34)31-26-46-38(47-27-31)30-12-10-28(11-13-30)25-35(49-40(51)36-22-23-37(53-36)41(2,3)4)39(50)48-33-18-16-32(17-19-33)42(43,44)45/h10-23,26-27,35H,5-9,24-25H2,1-4H3,(H,48,50)(H,49,51)/t35-/m0/s1. The van der Waals surface area contributed by atoms with Crippen LogP contribution in [0, 0.1) is 0 Å².